The summed E-state index contributed by atoms with van der Waals surface area (Å²) in [6, 6.07) is 5.87. The van der Waals surface area contributed by atoms with Gasteiger partial charge in [0, 0.05) is 10.2 Å². The number of benzene rings is 1. The highest BCUT2D eigenvalue weighted by Crippen LogP contribution is 2.23. The van der Waals surface area contributed by atoms with E-state index in [0.717, 1.165) is 17.0 Å². The number of nitrogens with one attached hydrogen (secondary N) is 1. The molecule has 0 unspecified atom stereocenters. The highest BCUT2D eigenvalue weighted by Gasteiger charge is 2.14. The Kier molecular flexibility index (Phi) is 4.18. The quantitative estimate of drug-likeness (QED) is 0.894. The number of pyridine rings is 1. The van der Waals surface area contributed by atoms with Crippen LogP contribution in [-0.2, 0) is 0 Å². The van der Waals surface area contributed by atoms with Crippen molar-refractivity contribution < 1.29 is 9.18 Å². The summed E-state index contributed by atoms with van der Waals surface area (Å²) < 4.78 is 13.5. The van der Waals surface area contributed by atoms with E-state index in [1.54, 1.807) is 0 Å². The number of carbonyl (C=O) groups is 1. The van der Waals surface area contributed by atoms with Crippen LogP contribution in [-0.4, -0.2) is 10.9 Å². The Hall–Kier alpha value is -1.75. The van der Waals surface area contributed by atoms with Gasteiger partial charge >= 0.3 is 0 Å². The van der Waals surface area contributed by atoms with Crippen molar-refractivity contribution >= 4 is 27.5 Å². The van der Waals surface area contributed by atoms with Gasteiger partial charge in [0.15, 0.2) is 0 Å². The Morgan fingerprint density at radius 3 is 2.55 bits per heavy atom. The molecule has 1 N–H and O–H groups in total. The van der Waals surface area contributed by atoms with Gasteiger partial charge in [0.25, 0.3) is 5.91 Å². The zero-order valence-corrected chi connectivity index (χ0v) is 13.0. The van der Waals surface area contributed by atoms with E-state index in [0.29, 0.717) is 15.7 Å². The summed E-state index contributed by atoms with van der Waals surface area (Å²) in [6.07, 6.45) is 0. The van der Waals surface area contributed by atoms with Crippen LogP contribution >= 0.6 is 15.9 Å². The maximum atomic E-state index is 13.0. The topological polar surface area (TPSA) is 42.0 Å². The molecule has 0 fully saturated rings. The van der Waals surface area contributed by atoms with E-state index in [9.17, 15) is 9.18 Å². The maximum absolute atomic E-state index is 13.0. The fraction of sp³-hybridized carbons (Fsp3) is 0.200. The molecule has 1 aromatic carbocycles. The number of amides is 1. The first-order valence-electron chi connectivity index (χ1n) is 6.09. The second kappa shape index (κ2) is 5.71. The minimum Gasteiger partial charge on any atom is -0.320 e. The Labute approximate surface area is 125 Å². The summed E-state index contributed by atoms with van der Waals surface area (Å²) in [5, 5.41) is 2.83. The Morgan fingerprint density at radius 1 is 1.25 bits per heavy atom. The summed E-state index contributed by atoms with van der Waals surface area (Å²) in [4.78, 5) is 16.6. The number of carbonyl (C=O) groups excluding carboxylic acids is 1. The monoisotopic (exact) mass is 336 g/mol. The number of aryl methyl sites for hydroxylation is 3. The molecule has 0 aliphatic carbocycles. The number of rotatable bonds is 2. The van der Waals surface area contributed by atoms with Gasteiger partial charge in [-0.05, 0) is 66.5 Å². The van der Waals surface area contributed by atoms with E-state index in [1.165, 1.54) is 18.2 Å². The van der Waals surface area contributed by atoms with Crippen LogP contribution in [0.15, 0.2) is 28.7 Å². The molecule has 3 nitrogen and oxygen atoms in total. The number of aromatic nitrogens is 1. The lowest BCUT2D eigenvalue weighted by Crippen LogP contribution is -2.15. The standard InChI is InChI=1S/C15H14BrFN2O/c1-8-6-9(2)18-10(3)14(8)19-15(20)12-5-4-11(17)7-13(12)16/h4-7H,1-3H3,(H,19,20). The van der Waals surface area contributed by atoms with Gasteiger partial charge in [0.05, 0.1) is 16.9 Å². The van der Waals surface area contributed by atoms with Crippen molar-refractivity contribution in [2.24, 2.45) is 0 Å². The SMILES string of the molecule is Cc1cc(C)c(NC(=O)c2ccc(F)cc2Br)c(C)n1. The van der Waals surface area contributed by atoms with Crippen molar-refractivity contribution in [1.29, 1.82) is 0 Å². The molecule has 2 rings (SSSR count). The van der Waals surface area contributed by atoms with Crippen molar-refractivity contribution in [3.8, 4) is 0 Å². The van der Waals surface area contributed by atoms with Crippen LogP contribution in [0.3, 0.4) is 0 Å². The molecule has 0 aliphatic heterocycles. The normalized spacial score (nSPS) is 10.4. The highest BCUT2D eigenvalue weighted by molar-refractivity contribution is 9.10. The number of anilines is 1. The highest BCUT2D eigenvalue weighted by atomic mass is 79.9. The lowest BCUT2D eigenvalue weighted by molar-refractivity contribution is 0.102. The molecule has 1 aromatic heterocycles. The molecule has 0 radical (unpaired) electrons. The molecule has 5 heteroatoms. The second-order valence-electron chi connectivity index (χ2n) is 4.62. The third-order valence-electron chi connectivity index (χ3n) is 2.94. The molecule has 0 saturated carbocycles. The second-order valence-corrected chi connectivity index (χ2v) is 5.47. The molecule has 1 heterocycles. The van der Waals surface area contributed by atoms with Gasteiger partial charge in [0.2, 0.25) is 0 Å². The largest absolute Gasteiger partial charge is 0.320 e. The minimum atomic E-state index is -0.391. The molecule has 20 heavy (non-hydrogen) atoms. The predicted octanol–water partition coefficient (Wildman–Crippen LogP) is 4.16. The molecular formula is C15H14BrFN2O. The average Bonchev–Trinajstić information content (AvgIpc) is 2.33. The van der Waals surface area contributed by atoms with E-state index in [2.05, 4.69) is 26.2 Å². The lowest BCUT2D eigenvalue weighted by Gasteiger charge is -2.12. The smallest absolute Gasteiger partial charge is 0.256 e. The molecule has 0 atom stereocenters. The fourth-order valence-electron chi connectivity index (χ4n) is 2.07. The molecule has 1 amide bonds. The number of hydrogen-bond acceptors (Lipinski definition) is 2. The van der Waals surface area contributed by atoms with Crippen LogP contribution in [0.2, 0.25) is 0 Å². The van der Waals surface area contributed by atoms with Gasteiger partial charge in [-0.3, -0.25) is 9.78 Å². The van der Waals surface area contributed by atoms with Crippen molar-refractivity contribution in [2.45, 2.75) is 20.8 Å². The third-order valence-corrected chi connectivity index (χ3v) is 3.60. The summed E-state index contributed by atoms with van der Waals surface area (Å²) in [5.41, 5.74) is 3.68. The van der Waals surface area contributed by atoms with E-state index in [-0.39, 0.29) is 5.91 Å². The Bertz CT molecular complexity index is 663. The van der Waals surface area contributed by atoms with Crippen molar-refractivity contribution in [3.63, 3.8) is 0 Å². The molecular weight excluding hydrogens is 323 g/mol. The number of halogens is 2. The van der Waals surface area contributed by atoms with Gasteiger partial charge in [-0.25, -0.2) is 4.39 Å². The van der Waals surface area contributed by atoms with E-state index in [1.807, 2.05) is 26.8 Å². The van der Waals surface area contributed by atoms with Crippen LogP contribution in [0.5, 0.6) is 0 Å². The predicted molar refractivity (Wildman–Crippen MR) is 80.5 cm³/mol. The number of nitrogens with zero attached hydrogens (tertiary/aromatic N) is 1. The molecule has 0 saturated heterocycles. The summed E-state index contributed by atoms with van der Waals surface area (Å²) in [7, 11) is 0. The number of hydrogen-bond donors (Lipinski definition) is 1. The first kappa shape index (κ1) is 14.7. The van der Waals surface area contributed by atoms with Crippen molar-refractivity contribution in [3.05, 3.63) is 57.1 Å². The maximum Gasteiger partial charge on any atom is 0.256 e. The molecule has 2 aromatic rings. The van der Waals surface area contributed by atoms with Crippen LogP contribution < -0.4 is 5.32 Å². The zero-order valence-electron chi connectivity index (χ0n) is 11.4. The van der Waals surface area contributed by atoms with Gasteiger partial charge in [-0.2, -0.15) is 0 Å². The third kappa shape index (κ3) is 3.04. The summed E-state index contributed by atoms with van der Waals surface area (Å²) >= 11 is 3.19. The van der Waals surface area contributed by atoms with Gasteiger partial charge < -0.3 is 5.32 Å². The van der Waals surface area contributed by atoms with Gasteiger partial charge in [0.1, 0.15) is 5.82 Å². The average molecular weight is 337 g/mol. The van der Waals surface area contributed by atoms with Crippen LogP contribution in [0.25, 0.3) is 0 Å². The Morgan fingerprint density at radius 2 is 1.95 bits per heavy atom. The fourth-order valence-corrected chi connectivity index (χ4v) is 2.60. The summed E-state index contributed by atoms with van der Waals surface area (Å²) in [6.45, 7) is 5.66. The first-order valence-corrected chi connectivity index (χ1v) is 6.89. The van der Waals surface area contributed by atoms with E-state index < -0.39 is 5.82 Å². The van der Waals surface area contributed by atoms with E-state index in [4.69, 9.17) is 0 Å². The van der Waals surface area contributed by atoms with Crippen molar-refractivity contribution in [1.82, 2.24) is 4.98 Å². The molecule has 0 spiro atoms. The van der Waals surface area contributed by atoms with Crippen molar-refractivity contribution in [2.75, 3.05) is 5.32 Å². The zero-order chi connectivity index (χ0) is 14.9. The van der Waals surface area contributed by atoms with Gasteiger partial charge in [-0.15, -0.1) is 0 Å². The minimum absolute atomic E-state index is 0.297. The van der Waals surface area contributed by atoms with Gasteiger partial charge in [-0.1, -0.05) is 0 Å². The Balaban J connectivity index is 2.33. The van der Waals surface area contributed by atoms with Crippen LogP contribution in [0, 0.1) is 26.6 Å². The molecule has 104 valence electrons. The van der Waals surface area contributed by atoms with Crippen LogP contribution in [0.1, 0.15) is 27.3 Å². The molecule has 0 bridgehead atoms. The molecule has 0 aliphatic rings. The lowest BCUT2D eigenvalue weighted by atomic mass is 10.1. The van der Waals surface area contributed by atoms with Crippen LogP contribution in [0.4, 0.5) is 10.1 Å². The summed E-state index contributed by atoms with van der Waals surface area (Å²) in [5.74, 6) is -0.688. The van der Waals surface area contributed by atoms with E-state index >= 15 is 0 Å². The first-order chi connectivity index (χ1) is 9.38.